The van der Waals surface area contributed by atoms with E-state index in [1.54, 1.807) is 6.92 Å². The van der Waals surface area contributed by atoms with Crippen molar-refractivity contribution in [1.29, 1.82) is 5.26 Å². The average Bonchev–Trinajstić information content (AvgIpc) is 2.74. The fraction of sp³-hybridized carbons (Fsp3) is 0.455. The quantitative estimate of drug-likeness (QED) is 0.750. The number of carbonyl (C=O) groups excluding carboxylic acids is 1. The van der Waals surface area contributed by atoms with Crippen LogP contribution in [0.2, 0.25) is 0 Å². The number of esters is 1. The minimum Gasteiger partial charge on any atom is -0.465 e. The number of benzene rings is 1. The lowest BCUT2D eigenvalue weighted by Gasteiger charge is -2.47. The van der Waals surface area contributed by atoms with Gasteiger partial charge in [0.2, 0.25) is 0 Å². The van der Waals surface area contributed by atoms with Crippen molar-refractivity contribution in [2.24, 2.45) is 5.41 Å². The predicted molar refractivity (Wildman–Crippen MR) is 103 cm³/mol. The molecule has 3 atom stereocenters. The molecule has 3 rings (SSSR count). The molecule has 0 radical (unpaired) electrons. The number of nitriles is 1. The van der Waals surface area contributed by atoms with E-state index in [-0.39, 0.29) is 18.6 Å². The van der Waals surface area contributed by atoms with Crippen LogP contribution in [0.4, 0.5) is 0 Å². The number of ether oxygens (including phenoxy) is 2. The van der Waals surface area contributed by atoms with Gasteiger partial charge in [-0.1, -0.05) is 54.6 Å². The monoisotopic (exact) mass is 366 g/mol. The van der Waals surface area contributed by atoms with Gasteiger partial charge in [0.25, 0.3) is 0 Å². The SMILES string of the molecule is C=CC1=C[C@@H](N2CCOCC2)[C@](C#N)(C(=O)OCC)[C@@H](c2ccccc2)C1. The summed E-state index contributed by atoms with van der Waals surface area (Å²) in [5, 5.41) is 10.4. The molecular formula is C22H26N2O3. The smallest absolute Gasteiger partial charge is 0.329 e. The van der Waals surface area contributed by atoms with E-state index in [1.807, 2.05) is 42.5 Å². The lowest BCUT2D eigenvalue weighted by Crippen LogP contribution is -2.58. The molecule has 1 aliphatic carbocycles. The first-order chi connectivity index (χ1) is 13.2. The van der Waals surface area contributed by atoms with Crippen molar-refractivity contribution in [1.82, 2.24) is 4.90 Å². The molecule has 27 heavy (non-hydrogen) atoms. The molecule has 1 aromatic rings. The highest BCUT2D eigenvalue weighted by molar-refractivity contribution is 5.84. The predicted octanol–water partition coefficient (Wildman–Crippen LogP) is 3.06. The van der Waals surface area contributed by atoms with Crippen LogP contribution < -0.4 is 0 Å². The highest BCUT2D eigenvalue weighted by Crippen LogP contribution is 2.49. The number of allylic oxidation sites excluding steroid dienone is 2. The molecule has 0 N–H and O–H groups in total. The summed E-state index contributed by atoms with van der Waals surface area (Å²) in [4.78, 5) is 15.4. The van der Waals surface area contributed by atoms with Gasteiger partial charge in [0.15, 0.2) is 5.41 Å². The van der Waals surface area contributed by atoms with Crippen LogP contribution in [-0.2, 0) is 14.3 Å². The molecule has 0 aromatic heterocycles. The zero-order chi connectivity index (χ0) is 19.3. The second kappa shape index (κ2) is 8.51. The topological polar surface area (TPSA) is 62.6 Å². The van der Waals surface area contributed by atoms with E-state index < -0.39 is 11.4 Å². The molecule has 0 amide bonds. The Morgan fingerprint density at radius 1 is 1.41 bits per heavy atom. The summed E-state index contributed by atoms with van der Waals surface area (Å²) < 4.78 is 10.9. The first-order valence-corrected chi connectivity index (χ1v) is 9.45. The molecule has 5 nitrogen and oxygen atoms in total. The van der Waals surface area contributed by atoms with Crippen molar-refractivity contribution in [3.63, 3.8) is 0 Å². The van der Waals surface area contributed by atoms with E-state index in [0.717, 1.165) is 11.1 Å². The average molecular weight is 366 g/mol. The van der Waals surface area contributed by atoms with E-state index in [0.29, 0.717) is 32.7 Å². The largest absolute Gasteiger partial charge is 0.465 e. The van der Waals surface area contributed by atoms with Crippen LogP contribution in [-0.4, -0.2) is 49.8 Å². The Morgan fingerprint density at radius 2 is 2.11 bits per heavy atom. The van der Waals surface area contributed by atoms with Crippen molar-refractivity contribution in [3.8, 4) is 6.07 Å². The number of carbonyl (C=O) groups is 1. The van der Waals surface area contributed by atoms with Gasteiger partial charge in [0.1, 0.15) is 0 Å². The number of nitrogens with zero attached hydrogens (tertiary/aromatic N) is 2. The summed E-state index contributed by atoms with van der Waals surface area (Å²) in [6, 6.07) is 11.8. The molecule has 1 saturated heterocycles. The van der Waals surface area contributed by atoms with Crippen molar-refractivity contribution in [2.75, 3.05) is 32.9 Å². The molecule has 1 aliphatic heterocycles. The molecule has 0 saturated carbocycles. The Bertz CT molecular complexity index is 747. The number of morpholine rings is 1. The van der Waals surface area contributed by atoms with E-state index in [2.05, 4.69) is 17.5 Å². The summed E-state index contributed by atoms with van der Waals surface area (Å²) in [5.74, 6) is -0.745. The molecule has 0 unspecified atom stereocenters. The summed E-state index contributed by atoms with van der Waals surface area (Å²) >= 11 is 0. The lowest BCUT2D eigenvalue weighted by atomic mass is 9.62. The van der Waals surface area contributed by atoms with Crippen LogP contribution in [0.1, 0.15) is 24.8 Å². The third kappa shape index (κ3) is 3.55. The molecule has 5 heteroatoms. The Labute approximate surface area is 160 Å². The van der Waals surface area contributed by atoms with Gasteiger partial charge in [-0.25, -0.2) is 0 Å². The van der Waals surface area contributed by atoms with Gasteiger partial charge in [0, 0.05) is 19.0 Å². The van der Waals surface area contributed by atoms with E-state index in [4.69, 9.17) is 9.47 Å². The molecular weight excluding hydrogens is 340 g/mol. The van der Waals surface area contributed by atoms with Crippen LogP contribution in [0.5, 0.6) is 0 Å². The van der Waals surface area contributed by atoms with Gasteiger partial charge in [0.05, 0.1) is 31.9 Å². The van der Waals surface area contributed by atoms with Gasteiger partial charge < -0.3 is 9.47 Å². The Morgan fingerprint density at radius 3 is 2.70 bits per heavy atom. The Kier molecular flexibility index (Phi) is 6.10. The number of hydrogen-bond acceptors (Lipinski definition) is 5. The van der Waals surface area contributed by atoms with Crippen LogP contribution in [0, 0.1) is 16.7 Å². The van der Waals surface area contributed by atoms with Crippen LogP contribution >= 0.6 is 0 Å². The molecule has 2 aliphatic rings. The standard InChI is InChI=1S/C22H26N2O3/c1-3-17-14-19(18-8-6-5-7-9-18)22(16-23,21(25)27-4-2)20(15-17)24-10-12-26-13-11-24/h3,5-9,15,19-20H,1,4,10-14H2,2H3/t19-,20-,22-/m1/s1. The summed E-state index contributed by atoms with van der Waals surface area (Å²) in [6.07, 6.45) is 4.44. The molecule has 1 heterocycles. The highest BCUT2D eigenvalue weighted by atomic mass is 16.5. The molecule has 0 spiro atoms. The van der Waals surface area contributed by atoms with Crippen molar-refractivity contribution >= 4 is 5.97 Å². The molecule has 1 aromatic carbocycles. The van der Waals surface area contributed by atoms with Crippen molar-refractivity contribution < 1.29 is 14.3 Å². The Balaban J connectivity index is 2.16. The summed E-state index contributed by atoms with van der Waals surface area (Å²) in [6.45, 7) is 8.50. The molecule has 0 bridgehead atoms. The van der Waals surface area contributed by atoms with Gasteiger partial charge in [-0.2, -0.15) is 5.26 Å². The third-order valence-electron chi connectivity index (χ3n) is 5.53. The number of rotatable bonds is 5. The van der Waals surface area contributed by atoms with E-state index in [9.17, 15) is 10.1 Å². The minimum atomic E-state index is -1.30. The maximum atomic E-state index is 13.2. The second-order valence-electron chi connectivity index (χ2n) is 6.91. The molecule has 1 fully saturated rings. The summed E-state index contributed by atoms with van der Waals surface area (Å²) in [5.41, 5.74) is 0.717. The third-order valence-corrected chi connectivity index (χ3v) is 5.53. The lowest BCUT2D eigenvalue weighted by molar-refractivity contribution is -0.157. The van der Waals surface area contributed by atoms with Crippen LogP contribution in [0.15, 0.2) is 54.6 Å². The first kappa shape index (κ1) is 19.3. The number of hydrogen-bond donors (Lipinski definition) is 0. The van der Waals surface area contributed by atoms with E-state index in [1.165, 1.54) is 0 Å². The maximum Gasteiger partial charge on any atom is 0.329 e. The fourth-order valence-corrected chi connectivity index (χ4v) is 4.17. The minimum absolute atomic E-state index is 0.248. The van der Waals surface area contributed by atoms with Crippen molar-refractivity contribution in [3.05, 3.63) is 60.2 Å². The van der Waals surface area contributed by atoms with Gasteiger partial charge in [-0.3, -0.25) is 9.69 Å². The normalized spacial score (nSPS) is 28.7. The Hall–Kier alpha value is -2.42. The first-order valence-electron chi connectivity index (χ1n) is 9.45. The van der Waals surface area contributed by atoms with E-state index >= 15 is 0 Å². The molecule has 142 valence electrons. The fourth-order valence-electron chi connectivity index (χ4n) is 4.17. The maximum absolute atomic E-state index is 13.2. The highest BCUT2D eigenvalue weighted by Gasteiger charge is 2.57. The van der Waals surface area contributed by atoms with Gasteiger partial charge >= 0.3 is 5.97 Å². The second-order valence-corrected chi connectivity index (χ2v) is 6.91. The van der Waals surface area contributed by atoms with Gasteiger partial charge in [-0.05, 0) is 18.9 Å². The van der Waals surface area contributed by atoms with Crippen LogP contribution in [0.25, 0.3) is 0 Å². The van der Waals surface area contributed by atoms with Gasteiger partial charge in [-0.15, -0.1) is 0 Å². The zero-order valence-electron chi connectivity index (χ0n) is 15.8. The van der Waals surface area contributed by atoms with Crippen molar-refractivity contribution in [2.45, 2.75) is 25.3 Å². The summed E-state index contributed by atoms with van der Waals surface area (Å²) in [7, 11) is 0. The van der Waals surface area contributed by atoms with Crippen LogP contribution in [0.3, 0.4) is 0 Å². The zero-order valence-corrected chi connectivity index (χ0v) is 15.8.